The molecule has 2 atom stereocenters. The van der Waals surface area contributed by atoms with Crippen molar-refractivity contribution >= 4 is 11.7 Å². The summed E-state index contributed by atoms with van der Waals surface area (Å²) in [6.07, 6.45) is 3.07. The Morgan fingerprint density at radius 1 is 1.24 bits per heavy atom. The molecule has 0 saturated carbocycles. The maximum absolute atomic E-state index is 12.4. The first kappa shape index (κ1) is 17.5. The zero-order chi connectivity index (χ0) is 15.8. The number of nitrogens with two attached hydrogens (primary N) is 1. The molecule has 118 valence electrons. The molecule has 0 aliphatic rings. The van der Waals surface area contributed by atoms with Crippen LogP contribution in [0.2, 0.25) is 0 Å². The molecule has 0 bridgehead atoms. The van der Waals surface area contributed by atoms with Crippen LogP contribution in [0.3, 0.4) is 0 Å². The van der Waals surface area contributed by atoms with Gasteiger partial charge in [0.1, 0.15) is 0 Å². The van der Waals surface area contributed by atoms with Crippen molar-refractivity contribution in [2.75, 3.05) is 11.9 Å². The van der Waals surface area contributed by atoms with E-state index in [-0.39, 0.29) is 18.1 Å². The SMILES string of the molecule is CCCCN(C(=O)Nc1ccc(C(C)N)cc1)C(C)CC. The van der Waals surface area contributed by atoms with E-state index in [1.54, 1.807) is 0 Å². The number of urea groups is 1. The Bertz CT molecular complexity index is 428. The monoisotopic (exact) mass is 291 g/mol. The molecule has 0 aromatic heterocycles. The van der Waals surface area contributed by atoms with Crippen LogP contribution >= 0.6 is 0 Å². The molecule has 4 heteroatoms. The summed E-state index contributed by atoms with van der Waals surface area (Å²) >= 11 is 0. The van der Waals surface area contributed by atoms with E-state index < -0.39 is 0 Å². The number of hydrogen-bond donors (Lipinski definition) is 2. The fraction of sp³-hybridized carbons (Fsp3) is 0.588. The van der Waals surface area contributed by atoms with Gasteiger partial charge in [0.05, 0.1) is 0 Å². The molecular formula is C17H29N3O. The summed E-state index contributed by atoms with van der Waals surface area (Å²) in [5.41, 5.74) is 7.71. The molecule has 0 spiro atoms. The van der Waals surface area contributed by atoms with Gasteiger partial charge < -0.3 is 16.0 Å². The predicted molar refractivity (Wildman–Crippen MR) is 89.4 cm³/mol. The zero-order valence-electron chi connectivity index (χ0n) is 13.7. The molecule has 1 aromatic rings. The fourth-order valence-electron chi connectivity index (χ4n) is 2.14. The Hall–Kier alpha value is -1.55. The van der Waals surface area contributed by atoms with Crippen molar-refractivity contribution in [2.45, 2.75) is 59.0 Å². The van der Waals surface area contributed by atoms with Crippen molar-refractivity contribution in [1.82, 2.24) is 4.90 Å². The van der Waals surface area contributed by atoms with Gasteiger partial charge in [0.2, 0.25) is 0 Å². The first-order valence-electron chi connectivity index (χ1n) is 7.92. The standard InChI is InChI=1S/C17H29N3O/c1-5-7-12-20(13(3)6-2)17(21)19-16-10-8-15(9-11-16)14(4)18/h8-11,13-14H,5-7,12,18H2,1-4H3,(H,19,21). The molecule has 0 aliphatic carbocycles. The highest BCUT2D eigenvalue weighted by Crippen LogP contribution is 2.16. The average molecular weight is 291 g/mol. The van der Waals surface area contributed by atoms with Crippen molar-refractivity contribution < 1.29 is 4.79 Å². The third-order valence-electron chi connectivity index (χ3n) is 3.82. The topological polar surface area (TPSA) is 58.4 Å². The molecule has 2 unspecified atom stereocenters. The summed E-state index contributed by atoms with van der Waals surface area (Å²) in [7, 11) is 0. The van der Waals surface area contributed by atoms with Gasteiger partial charge in [0.25, 0.3) is 0 Å². The highest BCUT2D eigenvalue weighted by atomic mass is 16.2. The van der Waals surface area contributed by atoms with Crippen molar-refractivity contribution in [1.29, 1.82) is 0 Å². The van der Waals surface area contributed by atoms with E-state index in [2.05, 4.69) is 26.1 Å². The van der Waals surface area contributed by atoms with E-state index in [0.717, 1.165) is 37.1 Å². The molecule has 3 N–H and O–H groups in total. The van der Waals surface area contributed by atoms with E-state index in [4.69, 9.17) is 5.73 Å². The Morgan fingerprint density at radius 3 is 2.33 bits per heavy atom. The Labute approximate surface area is 128 Å². The number of benzene rings is 1. The van der Waals surface area contributed by atoms with Crippen molar-refractivity contribution in [3.05, 3.63) is 29.8 Å². The van der Waals surface area contributed by atoms with Crippen LogP contribution < -0.4 is 11.1 Å². The lowest BCUT2D eigenvalue weighted by Gasteiger charge is -2.28. The van der Waals surface area contributed by atoms with Gasteiger partial charge in [-0.15, -0.1) is 0 Å². The summed E-state index contributed by atoms with van der Waals surface area (Å²) in [5.74, 6) is 0. The molecule has 21 heavy (non-hydrogen) atoms. The van der Waals surface area contributed by atoms with E-state index in [9.17, 15) is 4.79 Å². The average Bonchev–Trinajstić information content (AvgIpc) is 2.47. The van der Waals surface area contributed by atoms with Gasteiger partial charge in [-0.1, -0.05) is 32.4 Å². The number of nitrogens with one attached hydrogen (secondary N) is 1. The number of anilines is 1. The lowest BCUT2D eigenvalue weighted by atomic mass is 10.1. The van der Waals surface area contributed by atoms with Crippen LogP contribution in [0.15, 0.2) is 24.3 Å². The van der Waals surface area contributed by atoms with E-state index in [1.807, 2.05) is 36.1 Å². The Kier molecular flexibility index (Phi) is 7.23. The number of unbranched alkanes of at least 4 members (excludes halogenated alkanes) is 1. The van der Waals surface area contributed by atoms with E-state index >= 15 is 0 Å². The molecule has 1 rings (SSSR count). The molecular weight excluding hydrogens is 262 g/mol. The van der Waals surface area contributed by atoms with E-state index in [1.165, 1.54) is 0 Å². The summed E-state index contributed by atoms with van der Waals surface area (Å²) < 4.78 is 0. The lowest BCUT2D eigenvalue weighted by molar-refractivity contribution is 0.189. The summed E-state index contributed by atoms with van der Waals surface area (Å²) in [6.45, 7) is 9.08. The predicted octanol–water partition coefficient (Wildman–Crippen LogP) is 4.14. The number of nitrogens with zero attached hydrogens (tertiary/aromatic N) is 1. The van der Waals surface area contributed by atoms with Crippen LogP contribution in [0.1, 0.15) is 58.6 Å². The van der Waals surface area contributed by atoms with E-state index in [0.29, 0.717) is 0 Å². The van der Waals surface area contributed by atoms with Gasteiger partial charge in [0, 0.05) is 24.3 Å². The van der Waals surface area contributed by atoms with Crippen molar-refractivity contribution in [2.24, 2.45) is 5.73 Å². The van der Waals surface area contributed by atoms with Crippen molar-refractivity contribution in [3.8, 4) is 0 Å². The summed E-state index contributed by atoms with van der Waals surface area (Å²) in [6, 6.07) is 7.97. The van der Waals surface area contributed by atoms with Gasteiger partial charge in [-0.2, -0.15) is 0 Å². The minimum atomic E-state index is -0.0219. The van der Waals surface area contributed by atoms with Gasteiger partial charge >= 0.3 is 6.03 Å². The largest absolute Gasteiger partial charge is 0.324 e. The summed E-state index contributed by atoms with van der Waals surface area (Å²) in [5, 5.41) is 2.98. The molecule has 0 heterocycles. The first-order chi connectivity index (χ1) is 9.99. The third-order valence-corrected chi connectivity index (χ3v) is 3.82. The van der Waals surface area contributed by atoms with Gasteiger partial charge in [-0.3, -0.25) is 0 Å². The van der Waals surface area contributed by atoms with Gasteiger partial charge in [-0.05, 0) is 44.4 Å². The Morgan fingerprint density at radius 2 is 1.86 bits per heavy atom. The van der Waals surface area contributed by atoms with Crippen LogP contribution in [0.25, 0.3) is 0 Å². The molecule has 0 fully saturated rings. The normalized spacial score (nSPS) is 13.6. The van der Waals surface area contributed by atoms with Crippen LogP contribution in [0.4, 0.5) is 10.5 Å². The third kappa shape index (κ3) is 5.38. The molecule has 2 amide bonds. The van der Waals surface area contributed by atoms with Crippen LogP contribution in [-0.4, -0.2) is 23.5 Å². The highest BCUT2D eigenvalue weighted by Gasteiger charge is 2.18. The second-order valence-corrected chi connectivity index (χ2v) is 5.65. The molecule has 0 saturated heterocycles. The van der Waals surface area contributed by atoms with Crippen molar-refractivity contribution in [3.63, 3.8) is 0 Å². The van der Waals surface area contributed by atoms with Crippen LogP contribution in [0, 0.1) is 0 Å². The lowest BCUT2D eigenvalue weighted by Crippen LogP contribution is -2.41. The maximum Gasteiger partial charge on any atom is 0.322 e. The number of rotatable bonds is 7. The minimum Gasteiger partial charge on any atom is -0.324 e. The van der Waals surface area contributed by atoms with Crippen LogP contribution in [-0.2, 0) is 0 Å². The molecule has 0 aliphatic heterocycles. The quantitative estimate of drug-likeness (QED) is 0.793. The molecule has 4 nitrogen and oxygen atoms in total. The number of carbonyl (C=O) groups excluding carboxylic acids is 1. The number of carbonyl (C=O) groups is 1. The Balaban J connectivity index is 2.71. The van der Waals surface area contributed by atoms with Gasteiger partial charge in [0.15, 0.2) is 0 Å². The van der Waals surface area contributed by atoms with Gasteiger partial charge in [-0.25, -0.2) is 4.79 Å². The second-order valence-electron chi connectivity index (χ2n) is 5.65. The van der Waals surface area contributed by atoms with Crippen LogP contribution in [0.5, 0.6) is 0 Å². The summed E-state index contributed by atoms with van der Waals surface area (Å²) in [4.78, 5) is 14.3. The molecule has 1 aromatic carbocycles. The highest BCUT2D eigenvalue weighted by molar-refractivity contribution is 5.89. The smallest absolute Gasteiger partial charge is 0.322 e. The number of amides is 2. The fourth-order valence-corrected chi connectivity index (χ4v) is 2.14. The minimum absolute atomic E-state index is 0.0101. The molecule has 0 radical (unpaired) electrons. The zero-order valence-corrected chi connectivity index (χ0v) is 13.7. The first-order valence-corrected chi connectivity index (χ1v) is 7.92. The second kappa shape index (κ2) is 8.67. The maximum atomic E-state index is 12.4. The number of hydrogen-bond acceptors (Lipinski definition) is 2.